The maximum Gasteiger partial charge on any atom is 0.153 e. The van der Waals surface area contributed by atoms with Gasteiger partial charge in [-0.25, -0.2) is 4.39 Å². The Bertz CT molecular complexity index is 429. The molecule has 2 nitrogen and oxygen atoms in total. The van der Waals surface area contributed by atoms with Crippen molar-refractivity contribution in [3.8, 4) is 5.75 Å². The van der Waals surface area contributed by atoms with E-state index in [1.807, 2.05) is 0 Å². The summed E-state index contributed by atoms with van der Waals surface area (Å²) in [7, 11) is 0. The van der Waals surface area contributed by atoms with Gasteiger partial charge in [0.2, 0.25) is 0 Å². The van der Waals surface area contributed by atoms with Crippen LogP contribution in [-0.4, -0.2) is 12.9 Å². The summed E-state index contributed by atoms with van der Waals surface area (Å²) in [5, 5.41) is 0. The minimum absolute atomic E-state index is 0.0817. The average molecular weight is 250 g/mol. The van der Waals surface area contributed by atoms with Gasteiger partial charge in [-0.2, -0.15) is 0 Å². The third kappa shape index (κ3) is 2.89. The molecule has 1 aromatic rings. The van der Waals surface area contributed by atoms with Gasteiger partial charge in [0.25, 0.3) is 0 Å². The van der Waals surface area contributed by atoms with Crippen molar-refractivity contribution >= 4 is 6.29 Å². The normalized spacial score (nSPS) is 18.0. The van der Waals surface area contributed by atoms with Crippen molar-refractivity contribution in [1.29, 1.82) is 0 Å². The molecule has 3 heteroatoms. The molecule has 0 amide bonds. The van der Waals surface area contributed by atoms with E-state index in [0.29, 0.717) is 24.6 Å². The molecule has 0 bridgehead atoms. The first-order valence-corrected chi connectivity index (χ1v) is 6.65. The first-order valence-electron chi connectivity index (χ1n) is 6.65. The predicted molar refractivity (Wildman–Crippen MR) is 68.6 cm³/mol. The Morgan fingerprint density at radius 2 is 2.28 bits per heavy atom. The van der Waals surface area contributed by atoms with Crippen LogP contribution in [0.25, 0.3) is 0 Å². The second kappa shape index (κ2) is 5.98. The van der Waals surface area contributed by atoms with Crippen molar-refractivity contribution in [2.24, 2.45) is 5.92 Å². The summed E-state index contributed by atoms with van der Waals surface area (Å²) in [5.41, 5.74) is 0.976. The first-order chi connectivity index (χ1) is 8.74. The molecule has 0 aliphatic carbocycles. The maximum absolute atomic E-state index is 13.5. The molecule has 0 radical (unpaired) electrons. The molecule has 0 saturated carbocycles. The zero-order valence-corrected chi connectivity index (χ0v) is 10.7. The van der Waals surface area contributed by atoms with Crippen LogP contribution in [0.3, 0.4) is 0 Å². The van der Waals surface area contributed by atoms with Gasteiger partial charge in [0.1, 0.15) is 11.6 Å². The number of unbranched alkanes of at least 4 members (excludes halogenated alkanes) is 2. The number of benzene rings is 1. The van der Waals surface area contributed by atoms with Crippen LogP contribution in [0.4, 0.5) is 4.39 Å². The van der Waals surface area contributed by atoms with Gasteiger partial charge in [-0.15, -0.1) is 0 Å². The van der Waals surface area contributed by atoms with E-state index in [0.717, 1.165) is 18.4 Å². The second-order valence-electron chi connectivity index (χ2n) is 4.98. The Kier molecular flexibility index (Phi) is 4.34. The lowest BCUT2D eigenvalue weighted by Crippen LogP contribution is -2.21. The molecule has 1 atom stereocenters. The molecular weight excluding hydrogens is 231 g/mol. The van der Waals surface area contributed by atoms with Crippen molar-refractivity contribution in [3.05, 3.63) is 29.1 Å². The third-order valence-electron chi connectivity index (χ3n) is 3.51. The van der Waals surface area contributed by atoms with Gasteiger partial charge in [-0.05, 0) is 36.5 Å². The molecule has 0 spiro atoms. The molecule has 1 aliphatic heterocycles. The highest BCUT2D eigenvalue weighted by molar-refractivity contribution is 5.76. The number of aldehydes is 1. The monoisotopic (exact) mass is 250 g/mol. The maximum atomic E-state index is 13.5. The van der Waals surface area contributed by atoms with Crippen molar-refractivity contribution in [1.82, 2.24) is 0 Å². The summed E-state index contributed by atoms with van der Waals surface area (Å²) in [6, 6.07) is 2.96. The van der Waals surface area contributed by atoms with E-state index in [9.17, 15) is 9.18 Å². The topological polar surface area (TPSA) is 26.3 Å². The summed E-state index contributed by atoms with van der Waals surface area (Å²) in [6.45, 7) is 2.86. The summed E-state index contributed by atoms with van der Waals surface area (Å²) in [4.78, 5) is 10.7. The smallest absolute Gasteiger partial charge is 0.153 e. The Balaban J connectivity index is 2.05. The molecule has 18 heavy (non-hydrogen) atoms. The number of ether oxygens (including phenoxy) is 1. The van der Waals surface area contributed by atoms with E-state index >= 15 is 0 Å². The SMILES string of the molecule is CCCCCC1COc2cc(C=O)c(F)cc2C1. The minimum atomic E-state index is -0.443. The van der Waals surface area contributed by atoms with Crippen LogP contribution in [-0.2, 0) is 6.42 Å². The Hall–Kier alpha value is -1.38. The van der Waals surface area contributed by atoms with Crippen LogP contribution in [0.15, 0.2) is 12.1 Å². The van der Waals surface area contributed by atoms with Crippen molar-refractivity contribution in [3.63, 3.8) is 0 Å². The lowest BCUT2D eigenvalue weighted by Gasteiger charge is -2.25. The predicted octanol–water partition coefficient (Wildman–Crippen LogP) is 3.77. The summed E-state index contributed by atoms with van der Waals surface area (Å²) >= 11 is 0. The van der Waals surface area contributed by atoms with Crippen LogP contribution in [0.1, 0.15) is 48.5 Å². The van der Waals surface area contributed by atoms with Crippen LogP contribution in [0.5, 0.6) is 5.75 Å². The van der Waals surface area contributed by atoms with Gasteiger partial charge in [0.05, 0.1) is 12.2 Å². The Morgan fingerprint density at radius 1 is 1.44 bits per heavy atom. The first kappa shape index (κ1) is 13.1. The fourth-order valence-corrected chi connectivity index (χ4v) is 2.44. The van der Waals surface area contributed by atoms with E-state index in [1.165, 1.54) is 31.4 Å². The van der Waals surface area contributed by atoms with Crippen molar-refractivity contribution in [2.45, 2.75) is 39.0 Å². The van der Waals surface area contributed by atoms with E-state index < -0.39 is 5.82 Å². The fraction of sp³-hybridized carbons (Fsp3) is 0.533. The van der Waals surface area contributed by atoms with E-state index in [4.69, 9.17) is 4.74 Å². The standard InChI is InChI=1S/C15H19FO2/c1-2-3-4-5-11-6-12-7-14(16)13(9-17)8-15(12)18-10-11/h7-9,11H,2-6,10H2,1H3. The number of carbonyl (C=O) groups is 1. The molecule has 1 heterocycles. The number of halogens is 1. The molecule has 98 valence electrons. The summed E-state index contributed by atoms with van der Waals surface area (Å²) in [6.07, 6.45) is 6.17. The molecule has 0 N–H and O–H groups in total. The second-order valence-corrected chi connectivity index (χ2v) is 4.98. The molecular formula is C15H19FO2. The van der Waals surface area contributed by atoms with Crippen molar-refractivity contribution < 1.29 is 13.9 Å². The Morgan fingerprint density at radius 3 is 3.00 bits per heavy atom. The molecule has 1 aromatic carbocycles. The van der Waals surface area contributed by atoms with Crippen molar-refractivity contribution in [2.75, 3.05) is 6.61 Å². The highest BCUT2D eigenvalue weighted by atomic mass is 19.1. The highest BCUT2D eigenvalue weighted by Crippen LogP contribution is 2.31. The quantitative estimate of drug-likeness (QED) is 0.587. The molecule has 0 fully saturated rings. The minimum Gasteiger partial charge on any atom is -0.493 e. The van der Waals surface area contributed by atoms with Gasteiger partial charge in [0.15, 0.2) is 6.29 Å². The van der Waals surface area contributed by atoms with E-state index in [1.54, 1.807) is 0 Å². The molecule has 1 aliphatic rings. The van der Waals surface area contributed by atoms with Gasteiger partial charge >= 0.3 is 0 Å². The summed E-state index contributed by atoms with van der Waals surface area (Å²) in [5.74, 6) is 0.706. The highest BCUT2D eigenvalue weighted by Gasteiger charge is 2.21. The van der Waals surface area contributed by atoms with Crippen LogP contribution < -0.4 is 4.74 Å². The third-order valence-corrected chi connectivity index (χ3v) is 3.51. The Labute approximate surface area is 107 Å². The van der Waals surface area contributed by atoms with Gasteiger partial charge in [-0.1, -0.05) is 26.2 Å². The average Bonchev–Trinajstić information content (AvgIpc) is 2.38. The number of fused-ring (bicyclic) bond motifs is 1. The molecule has 1 unspecified atom stereocenters. The van der Waals surface area contributed by atoms with Gasteiger partial charge < -0.3 is 4.74 Å². The zero-order chi connectivity index (χ0) is 13.0. The molecule has 0 aromatic heterocycles. The lowest BCUT2D eigenvalue weighted by atomic mass is 9.91. The largest absolute Gasteiger partial charge is 0.493 e. The van der Waals surface area contributed by atoms with Gasteiger partial charge in [-0.3, -0.25) is 4.79 Å². The zero-order valence-electron chi connectivity index (χ0n) is 10.7. The van der Waals surface area contributed by atoms with E-state index in [-0.39, 0.29) is 5.56 Å². The molecule has 2 rings (SSSR count). The fourth-order valence-electron chi connectivity index (χ4n) is 2.44. The summed E-state index contributed by atoms with van der Waals surface area (Å²) < 4.78 is 19.2. The van der Waals surface area contributed by atoms with Gasteiger partial charge in [0, 0.05) is 0 Å². The van der Waals surface area contributed by atoms with Crippen LogP contribution in [0.2, 0.25) is 0 Å². The number of rotatable bonds is 5. The molecule has 0 saturated heterocycles. The number of hydrogen-bond acceptors (Lipinski definition) is 2. The number of carbonyl (C=O) groups excluding carboxylic acids is 1. The lowest BCUT2D eigenvalue weighted by molar-refractivity contribution is 0.111. The number of hydrogen-bond donors (Lipinski definition) is 0. The van der Waals surface area contributed by atoms with E-state index in [2.05, 4.69) is 6.92 Å². The van der Waals surface area contributed by atoms with Crippen LogP contribution >= 0.6 is 0 Å². The van der Waals surface area contributed by atoms with Crippen LogP contribution in [0, 0.1) is 11.7 Å².